The maximum atomic E-state index is 11.4. The summed E-state index contributed by atoms with van der Waals surface area (Å²) in [6.07, 6.45) is 4.72. The van der Waals surface area contributed by atoms with Crippen LogP contribution in [0.25, 0.3) is 0 Å². The predicted octanol–water partition coefficient (Wildman–Crippen LogP) is 4.03. The van der Waals surface area contributed by atoms with Crippen molar-refractivity contribution in [2.45, 2.75) is 52.5 Å². The Morgan fingerprint density at radius 2 is 1.85 bits per heavy atom. The van der Waals surface area contributed by atoms with E-state index < -0.39 is 5.97 Å². The molecule has 0 aliphatic carbocycles. The second-order valence-corrected chi connectivity index (χ2v) is 5.11. The van der Waals surface area contributed by atoms with Crippen LogP contribution in [0, 0.1) is 0 Å². The highest BCUT2D eigenvalue weighted by molar-refractivity contribution is 5.86. The van der Waals surface area contributed by atoms with E-state index in [9.17, 15) is 4.79 Å². The van der Waals surface area contributed by atoms with Crippen molar-refractivity contribution in [3.63, 3.8) is 0 Å². The molecule has 4 nitrogen and oxygen atoms in total. The maximum absolute atomic E-state index is 11.4. The van der Waals surface area contributed by atoms with Crippen molar-refractivity contribution < 1.29 is 13.9 Å². The summed E-state index contributed by atoms with van der Waals surface area (Å²) in [7, 11) is 1.36. The molecule has 0 aliphatic heterocycles. The average molecular weight is 281 g/mol. The third-order valence-electron chi connectivity index (χ3n) is 3.57. The van der Waals surface area contributed by atoms with Gasteiger partial charge in [0, 0.05) is 0 Å². The van der Waals surface area contributed by atoms with Crippen LogP contribution >= 0.6 is 0 Å². The molecule has 1 atom stereocenters. The van der Waals surface area contributed by atoms with Gasteiger partial charge in [0.05, 0.1) is 13.2 Å². The van der Waals surface area contributed by atoms with Gasteiger partial charge in [0.15, 0.2) is 0 Å². The molecule has 20 heavy (non-hydrogen) atoms. The van der Waals surface area contributed by atoms with Crippen LogP contribution in [0.3, 0.4) is 0 Å². The topological polar surface area (TPSA) is 42.7 Å². The Hall–Kier alpha value is -1.29. The van der Waals surface area contributed by atoms with Crippen LogP contribution in [0.5, 0.6) is 0 Å². The van der Waals surface area contributed by atoms with E-state index in [2.05, 4.69) is 30.4 Å². The summed E-state index contributed by atoms with van der Waals surface area (Å²) in [5.74, 6) is 0.690. The van der Waals surface area contributed by atoms with Crippen molar-refractivity contribution in [3.8, 4) is 0 Å². The van der Waals surface area contributed by atoms with Crippen LogP contribution in [0.1, 0.15) is 68.8 Å². The van der Waals surface area contributed by atoms with Gasteiger partial charge >= 0.3 is 5.97 Å². The van der Waals surface area contributed by atoms with Crippen molar-refractivity contribution in [1.82, 2.24) is 4.90 Å². The van der Waals surface area contributed by atoms with Crippen molar-refractivity contribution in [3.05, 3.63) is 23.7 Å². The molecule has 1 aromatic heterocycles. The molecule has 1 rings (SSSR count). The number of nitrogens with zero attached hydrogens (tertiary/aromatic N) is 1. The fraction of sp³-hybridized carbons (Fsp3) is 0.688. The van der Waals surface area contributed by atoms with Gasteiger partial charge in [-0.2, -0.15) is 0 Å². The Kier molecular flexibility index (Phi) is 7.37. The van der Waals surface area contributed by atoms with Crippen LogP contribution in [0.4, 0.5) is 0 Å². The van der Waals surface area contributed by atoms with Crippen LogP contribution in [0.15, 0.2) is 16.5 Å². The molecule has 0 N–H and O–H groups in total. The number of carbonyl (C=O) groups excluding carboxylic acids is 1. The van der Waals surface area contributed by atoms with Gasteiger partial charge in [0.2, 0.25) is 5.76 Å². The van der Waals surface area contributed by atoms with Gasteiger partial charge in [0.25, 0.3) is 0 Å². The number of esters is 1. The van der Waals surface area contributed by atoms with E-state index in [1.807, 2.05) is 6.07 Å². The second-order valence-electron chi connectivity index (χ2n) is 5.11. The first-order chi connectivity index (χ1) is 9.63. The number of carbonyl (C=O) groups is 1. The summed E-state index contributed by atoms with van der Waals surface area (Å²) in [6, 6.07) is 3.75. The molecule has 0 fully saturated rings. The van der Waals surface area contributed by atoms with Gasteiger partial charge in [0.1, 0.15) is 5.76 Å². The number of hydrogen-bond donors (Lipinski definition) is 0. The lowest BCUT2D eigenvalue weighted by Crippen LogP contribution is -2.29. The zero-order valence-corrected chi connectivity index (χ0v) is 13.1. The zero-order valence-electron chi connectivity index (χ0n) is 13.1. The lowest BCUT2D eigenvalue weighted by molar-refractivity contribution is 0.0558. The first kappa shape index (κ1) is 16.8. The van der Waals surface area contributed by atoms with Gasteiger partial charge in [-0.1, -0.05) is 26.7 Å². The van der Waals surface area contributed by atoms with E-state index in [1.165, 1.54) is 32.8 Å². The van der Waals surface area contributed by atoms with Crippen molar-refractivity contribution in [2.24, 2.45) is 0 Å². The van der Waals surface area contributed by atoms with Crippen molar-refractivity contribution >= 4 is 5.97 Å². The molecule has 0 radical (unpaired) electrons. The third-order valence-corrected chi connectivity index (χ3v) is 3.57. The Balaban J connectivity index is 2.73. The molecule has 0 bridgehead atoms. The monoisotopic (exact) mass is 281 g/mol. The van der Waals surface area contributed by atoms with Crippen LogP contribution in [-0.2, 0) is 4.74 Å². The molecule has 1 unspecified atom stereocenters. The van der Waals surface area contributed by atoms with E-state index in [-0.39, 0.29) is 11.8 Å². The lowest BCUT2D eigenvalue weighted by Gasteiger charge is -2.27. The van der Waals surface area contributed by atoms with Gasteiger partial charge in [-0.25, -0.2) is 4.79 Å². The smallest absolute Gasteiger partial charge is 0.373 e. The maximum Gasteiger partial charge on any atom is 0.373 e. The molecular formula is C16H27NO3. The Bertz CT molecular complexity index is 392. The molecule has 0 amide bonds. The first-order valence-electron chi connectivity index (χ1n) is 7.56. The second kappa shape index (κ2) is 8.80. The predicted molar refractivity (Wildman–Crippen MR) is 79.9 cm³/mol. The summed E-state index contributed by atoms with van der Waals surface area (Å²) in [6.45, 7) is 8.65. The minimum absolute atomic E-state index is 0.187. The van der Waals surface area contributed by atoms with Gasteiger partial charge in [-0.15, -0.1) is 0 Å². The number of unbranched alkanes of at least 4 members (excludes halogenated alkanes) is 2. The zero-order chi connectivity index (χ0) is 15.0. The molecule has 1 aromatic rings. The molecule has 0 saturated carbocycles. The first-order valence-corrected chi connectivity index (χ1v) is 7.56. The van der Waals surface area contributed by atoms with E-state index in [0.717, 1.165) is 18.8 Å². The number of furan rings is 1. The largest absolute Gasteiger partial charge is 0.463 e. The lowest BCUT2D eigenvalue weighted by atomic mass is 10.1. The standard InChI is InChI=1S/C16H27NO3/c1-5-7-11-17(12-8-6-2)13(3)14-9-10-15(20-14)16(18)19-4/h9-10,13H,5-8,11-12H2,1-4H3. The highest BCUT2D eigenvalue weighted by Gasteiger charge is 2.20. The normalized spacial score (nSPS) is 12.7. The molecule has 0 saturated heterocycles. The summed E-state index contributed by atoms with van der Waals surface area (Å²) in [5.41, 5.74) is 0. The van der Waals surface area contributed by atoms with E-state index in [0.29, 0.717) is 0 Å². The van der Waals surface area contributed by atoms with E-state index in [1.54, 1.807) is 6.07 Å². The number of ether oxygens (including phenoxy) is 1. The molecular weight excluding hydrogens is 254 g/mol. The summed E-state index contributed by atoms with van der Waals surface area (Å²) >= 11 is 0. The highest BCUT2D eigenvalue weighted by Crippen LogP contribution is 2.23. The molecule has 0 spiro atoms. The number of rotatable bonds is 9. The fourth-order valence-corrected chi connectivity index (χ4v) is 2.19. The summed E-state index contributed by atoms with van der Waals surface area (Å²) in [5, 5.41) is 0. The molecule has 1 heterocycles. The third kappa shape index (κ3) is 4.67. The number of methoxy groups -OCH3 is 1. The summed E-state index contributed by atoms with van der Waals surface area (Å²) in [4.78, 5) is 13.9. The SMILES string of the molecule is CCCCN(CCCC)C(C)c1ccc(C(=O)OC)o1. The Morgan fingerprint density at radius 1 is 1.25 bits per heavy atom. The van der Waals surface area contributed by atoms with Crippen LogP contribution in [0.2, 0.25) is 0 Å². The minimum Gasteiger partial charge on any atom is -0.463 e. The van der Waals surface area contributed by atoms with Gasteiger partial charge in [-0.3, -0.25) is 4.90 Å². The van der Waals surface area contributed by atoms with Gasteiger partial charge < -0.3 is 9.15 Å². The van der Waals surface area contributed by atoms with E-state index >= 15 is 0 Å². The van der Waals surface area contributed by atoms with Gasteiger partial charge in [-0.05, 0) is 45.0 Å². The van der Waals surface area contributed by atoms with Crippen molar-refractivity contribution in [1.29, 1.82) is 0 Å². The fourth-order valence-electron chi connectivity index (χ4n) is 2.19. The molecule has 4 heteroatoms. The quantitative estimate of drug-likeness (QED) is 0.641. The number of hydrogen-bond acceptors (Lipinski definition) is 4. The molecule has 0 aromatic carbocycles. The minimum atomic E-state index is -0.419. The Morgan fingerprint density at radius 3 is 2.35 bits per heavy atom. The Labute approximate surface area is 122 Å². The summed E-state index contributed by atoms with van der Waals surface area (Å²) < 4.78 is 10.3. The van der Waals surface area contributed by atoms with Crippen LogP contribution in [-0.4, -0.2) is 31.1 Å². The van der Waals surface area contributed by atoms with Crippen LogP contribution < -0.4 is 0 Å². The van der Waals surface area contributed by atoms with Crippen molar-refractivity contribution in [2.75, 3.05) is 20.2 Å². The molecule has 114 valence electrons. The average Bonchev–Trinajstić information content (AvgIpc) is 2.95. The van der Waals surface area contributed by atoms with E-state index in [4.69, 9.17) is 4.42 Å². The molecule has 0 aliphatic rings. The highest BCUT2D eigenvalue weighted by atomic mass is 16.5.